The molecule has 0 saturated carbocycles. The Morgan fingerprint density at radius 2 is 1.33 bits per heavy atom. The normalized spacial score (nSPS) is 13.0. The standard InChI is InChI=1S/C24H36N2S/c1-16(2)20-13-21(17(3)4)24(22(14-20)18(5)6)27-26-15-23(25-7)19-11-9-8-10-12-19/h8-14,16-18,23,25-26H,15H2,1-7H3/t23-/m1/s1. The van der Waals surface area contributed by atoms with E-state index in [2.05, 4.69) is 94.0 Å². The van der Waals surface area contributed by atoms with Crippen LogP contribution in [-0.4, -0.2) is 13.6 Å². The minimum Gasteiger partial charge on any atom is -0.312 e. The van der Waals surface area contributed by atoms with Gasteiger partial charge in [-0.05, 0) is 59.0 Å². The Labute approximate surface area is 170 Å². The second kappa shape index (κ2) is 10.3. The molecule has 0 aliphatic rings. The maximum Gasteiger partial charge on any atom is 0.0453 e. The summed E-state index contributed by atoms with van der Waals surface area (Å²) < 4.78 is 3.64. The van der Waals surface area contributed by atoms with Crippen LogP contribution in [0, 0.1) is 0 Å². The third-order valence-electron chi connectivity index (χ3n) is 5.09. The Bertz CT molecular complexity index is 679. The van der Waals surface area contributed by atoms with E-state index < -0.39 is 0 Å². The third-order valence-corrected chi connectivity index (χ3v) is 6.08. The molecule has 2 aromatic rings. The van der Waals surface area contributed by atoms with Crippen LogP contribution in [0.3, 0.4) is 0 Å². The summed E-state index contributed by atoms with van der Waals surface area (Å²) in [7, 11) is 2.03. The molecule has 2 N–H and O–H groups in total. The highest BCUT2D eigenvalue weighted by molar-refractivity contribution is 7.97. The summed E-state index contributed by atoms with van der Waals surface area (Å²) in [6, 6.07) is 15.8. The molecule has 0 aromatic heterocycles. The summed E-state index contributed by atoms with van der Waals surface area (Å²) in [4.78, 5) is 1.41. The van der Waals surface area contributed by atoms with E-state index in [1.54, 1.807) is 11.9 Å². The number of hydrogen-bond acceptors (Lipinski definition) is 3. The molecular formula is C24H36N2S. The van der Waals surface area contributed by atoms with Crippen molar-refractivity contribution in [1.82, 2.24) is 10.0 Å². The fourth-order valence-corrected chi connectivity index (χ4v) is 4.50. The number of rotatable bonds is 9. The molecule has 0 fully saturated rings. The molecule has 2 aromatic carbocycles. The van der Waals surface area contributed by atoms with Crippen LogP contribution >= 0.6 is 11.9 Å². The fraction of sp³-hybridized carbons (Fsp3) is 0.500. The van der Waals surface area contributed by atoms with Gasteiger partial charge in [0, 0.05) is 17.5 Å². The highest BCUT2D eigenvalue weighted by atomic mass is 32.2. The van der Waals surface area contributed by atoms with Crippen molar-refractivity contribution in [3.8, 4) is 0 Å². The Hall–Kier alpha value is -1.29. The molecule has 0 aliphatic heterocycles. The molecule has 148 valence electrons. The summed E-state index contributed by atoms with van der Waals surface area (Å²) in [5, 5.41) is 3.43. The molecule has 2 rings (SSSR count). The van der Waals surface area contributed by atoms with Crippen LogP contribution in [0.15, 0.2) is 47.4 Å². The molecule has 0 radical (unpaired) electrons. The van der Waals surface area contributed by atoms with E-state index in [1.165, 1.54) is 27.1 Å². The van der Waals surface area contributed by atoms with Crippen molar-refractivity contribution in [2.45, 2.75) is 70.2 Å². The van der Waals surface area contributed by atoms with E-state index >= 15 is 0 Å². The predicted molar refractivity (Wildman–Crippen MR) is 121 cm³/mol. The van der Waals surface area contributed by atoms with Crippen molar-refractivity contribution in [1.29, 1.82) is 0 Å². The SMILES string of the molecule is CN[C@H](CNSc1c(C(C)C)cc(C(C)C)cc1C(C)C)c1ccccc1. The molecular weight excluding hydrogens is 348 g/mol. The third kappa shape index (κ3) is 5.84. The van der Waals surface area contributed by atoms with Crippen LogP contribution in [0.2, 0.25) is 0 Å². The van der Waals surface area contributed by atoms with Gasteiger partial charge in [0.15, 0.2) is 0 Å². The van der Waals surface area contributed by atoms with E-state index in [0.29, 0.717) is 23.8 Å². The highest BCUT2D eigenvalue weighted by Crippen LogP contribution is 2.37. The van der Waals surface area contributed by atoms with Crippen molar-refractivity contribution in [2.24, 2.45) is 0 Å². The average molecular weight is 385 g/mol. The first-order chi connectivity index (χ1) is 12.8. The van der Waals surface area contributed by atoms with Gasteiger partial charge in [-0.15, -0.1) is 0 Å². The fourth-order valence-electron chi connectivity index (χ4n) is 3.28. The summed E-state index contributed by atoms with van der Waals surface area (Å²) in [5.41, 5.74) is 5.69. The van der Waals surface area contributed by atoms with Crippen molar-refractivity contribution < 1.29 is 0 Å². The van der Waals surface area contributed by atoms with Gasteiger partial charge in [-0.3, -0.25) is 4.72 Å². The van der Waals surface area contributed by atoms with Crippen LogP contribution in [0.4, 0.5) is 0 Å². The maximum atomic E-state index is 3.64. The van der Waals surface area contributed by atoms with Crippen molar-refractivity contribution >= 4 is 11.9 Å². The first kappa shape index (κ1) is 22.0. The van der Waals surface area contributed by atoms with Crippen LogP contribution in [0.5, 0.6) is 0 Å². The van der Waals surface area contributed by atoms with E-state index in [4.69, 9.17) is 0 Å². The molecule has 0 heterocycles. The van der Waals surface area contributed by atoms with Crippen LogP contribution in [0.1, 0.15) is 87.6 Å². The maximum absolute atomic E-state index is 3.64. The molecule has 1 atom stereocenters. The zero-order valence-electron chi connectivity index (χ0n) is 18.0. The largest absolute Gasteiger partial charge is 0.312 e. The number of likely N-dealkylation sites (N-methyl/N-ethyl adjacent to an activating group) is 1. The van der Waals surface area contributed by atoms with Crippen molar-refractivity contribution in [2.75, 3.05) is 13.6 Å². The van der Waals surface area contributed by atoms with E-state index in [1.807, 2.05) is 7.05 Å². The van der Waals surface area contributed by atoms with Gasteiger partial charge in [-0.1, -0.05) is 84.0 Å². The van der Waals surface area contributed by atoms with Crippen LogP contribution in [0.25, 0.3) is 0 Å². The number of nitrogens with one attached hydrogen (secondary N) is 2. The van der Waals surface area contributed by atoms with Gasteiger partial charge in [0.05, 0.1) is 0 Å². The lowest BCUT2D eigenvalue weighted by molar-refractivity contribution is 0.589. The quantitative estimate of drug-likeness (QED) is 0.475. The molecule has 0 saturated heterocycles. The van der Waals surface area contributed by atoms with Gasteiger partial charge in [-0.2, -0.15) is 0 Å². The summed E-state index contributed by atoms with van der Waals surface area (Å²) >= 11 is 1.80. The lowest BCUT2D eigenvalue weighted by atomic mass is 9.89. The molecule has 3 heteroatoms. The van der Waals surface area contributed by atoms with Gasteiger partial charge in [0.1, 0.15) is 0 Å². The number of benzene rings is 2. The van der Waals surface area contributed by atoms with E-state index in [9.17, 15) is 0 Å². The Kier molecular flexibility index (Phi) is 8.40. The van der Waals surface area contributed by atoms with Crippen molar-refractivity contribution in [3.63, 3.8) is 0 Å². The van der Waals surface area contributed by atoms with Gasteiger partial charge in [0.2, 0.25) is 0 Å². The molecule has 0 unspecified atom stereocenters. The first-order valence-corrected chi connectivity index (χ1v) is 11.0. The van der Waals surface area contributed by atoms with Gasteiger partial charge in [-0.25, -0.2) is 0 Å². The van der Waals surface area contributed by atoms with Crippen molar-refractivity contribution in [3.05, 3.63) is 64.7 Å². The summed E-state index contributed by atoms with van der Waals surface area (Å²) in [6.07, 6.45) is 0. The van der Waals surface area contributed by atoms with Gasteiger partial charge < -0.3 is 5.32 Å². The zero-order valence-corrected chi connectivity index (χ0v) is 18.8. The van der Waals surface area contributed by atoms with Gasteiger partial charge >= 0.3 is 0 Å². The molecule has 0 bridgehead atoms. The topological polar surface area (TPSA) is 24.1 Å². The second-order valence-electron chi connectivity index (χ2n) is 8.20. The minimum absolute atomic E-state index is 0.304. The second-order valence-corrected chi connectivity index (χ2v) is 9.10. The van der Waals surface area contributed by atoms with Crippen LogP contribution in [-0.2, 0) is 0 Å². The van der Waals surface area contributed by atoms with Gasteiger partial charge in [0.25, 0.3) is 0 Å². The lowest BCUT2D eigenvalue weighted by Gasteiger charge is -2.23. The Balaban J connectivity index is 2.23. The molecule has 2 nitrogen and oxygen atoms in total. The lowest BCUT2D eigenvalue weighted by Crippen LogP contribution is -2.26. The monoisotopic (exact) mass is 384 g/mol. The van der Waals surface area contributed by atoms with E-state index in [0.717, 1.165) is 6.54 Å². The highest BCUT2D eigenvalue weighted by Gasteiger charge is 2.18. The zero-order chi connectivity index (χ0) is 20.0. The minimum atomic E-state index is 0.304. The summed E-state index contributed by atoms with van der Waals surface area (Å²) in [6.45, 7) is 14.6. The average Bonchev–Trinajstić information content (AvgIpc) is 2.65. The Morgan fingerprint density at radius 3 is 1.78 bits per heavy atom. The van der Waals surface area contributed by atoms with Crippen LogP contribution < -0.4 is 10.0 Å². The predicted octanol–water partition coefficient (Wildman–Crippen LogP) is 6.61. The Morgan fingerprint density at radius 1 is 0.778 bits per heavy atom. The smallest absolute Gasteiger partial charge is 0.0453 e. The molecule has 0 aliphatic carbocycles. The molecule has 0 amide bonds. The van der Waals surface area contributed by atoms with E-state index in [-0.39, 0.29) is 0 Å². The first-order valence-electron chi connectivity index (χ1n) is 10.1. The number of hydrogen-bond donors (Lipinski definition) is 2. The molecule has 0 spiro atoms. The molecule has 27 heavy (non-hydrogen) atoms. The summed E-state index contributed by atoms with van der Waals surface area (Å²) in [5.74, 6) is 1.58.